The molecule has 148 valence electrons. The smallest absolute Gasteiger partial charge is 0.227 e. The topological polar surface area (TPSA) is 23.6 Å². The van der Waals surface area contributed by atoms with E-state index in [1.165, 1.54) is 36.1 Å². The first-order chi connectivity index (χ1) is 13.5. The zero-order valence-corrected chi connectivity index (χ0v) is 17.0. The fourth-order valence-electron chi connectivity index (χ4n) is 4.17. The highest BCUT2D eigenvalue weighted by atomic mass is 35.5. The Labute approximate surface area is 171 Å². The van der Waals surface area contributed by atoms with Crippen molar-refractivity contribution in [3.63, 3.8) is 0 Å². The van der Waals surface area contributed by atoms with Gasteiger partial charge in [0, 0.05) is 37.2 Å². The standard InChI is InChI=1S/C23H26ClFN2O/c1-16-14-26(15-19-13-20(24)6-9-22(19)18-4-5-18)10-11-27(16)23(28)12-17-2-7-21(25)8-3-17/h2-3,6-9,13,16,18H,4-5,10-12,14-15H2,1H3. The Hall–Kier alpha value is -1.91. The van der Waals surface area contributed by atoms with E-state index in [1.54, 1.807) is 12.1 Å². The summed E-state index contributed by atoms with van der Waals surface area (Å²) in [4.78, 5) is 17.1. The van der Waals surface area contributed by atoms with Gasteiger partial charge in [0.15, 0.2) is 0 Å². The first kappa shape index (κ1) is 19.4. The molecule has 3 nitrogen and oxygen atoms in total. The maximum absolute atomic E-state index is 13.1. The maximum Gasteiger partial charge on any atom is 0.227 e. The van der Waals surface area contributed by atoms with Crippen molar-refractivity contribution in [1.82, 2.24) is 9.80 Å². The third kappa shape index (κ3) is 4.56. The number of amides is 1. The van der Waals surface area contributed by atoms with Crippen molar-refractivity contribution in [2.24, 2.45) is 0 Å². The number of hydrogen-bond donors (Lipinski definition) is 0. The minimum Gasteiger partial charge on any atom is -0.337 e. The highest BCUT2D eigenvalue weighted by Crippen LogP contribution is 2.42. The number of benzene rings is 2. The van der Waals surface area contributed by atoms with Crippen LogP contribution in [0.3, 0.4) is 0 Å². The Morgan fingerprint density at radius 1 is 1.14 bits per heavy atom. The van der Waals surface area contributed by atoms with Crippen LogP contribution in [0, 0.1) is 5.82 Å². The van der Waals surface area contributed by atoms with E-state index >= 15 is 0 Å². The molecule has 5 heteroatoms. The number of rotatable bonds is 5. The van der Waals surface area contributed by atoms with Gasteiger partial charge in [-0.05, 0) is 66.6 Å². The van der Waals surface area contributed by atoms with Crippen LogP contribution in [0.2, 0.25) is 5.02 Å². The molecule has 1 heterocycles. The van der Waals surface area contributed by atoms with Crippen molar-refractivity contribution >= 4 is 17.5 Å². The molecule has 1 saturated carbocycles. The number of halogens is 2. The lowest BCUT2D eigenvalue weighted by Gasteiger charge is -2.40. The monoisotopic (exact) mass is 400 g/mol. The minimum atomic E-state index is -0.273. The highest BCUT2D eigenvalue weighted by Gasteiger charge is 2.30. The molecule has 0 aromatic heterocycles. The van der Waals surface area contributed by atoms with Crippen LogP contribution < -0.4 is 0 Å². The molecule has 2 aromatic carbocycles. The van der Waals surface area contributed by atoms with E-state index < -0.39 is 0 Å². The Morgan fingerprint density at radius 3 is 2.57 bits per heavy atom. The van der Waals surface area contributed by atoms with Gasteiger partial charge in [0.1, 0.15) is 5.82 Å². The van der Waals surface area contributed by atoms with E-state index in [1.807, 2.05) is 11.0 Å². The highest BCUT2D eigenvalue weighted by molar-refractivity contribution is 6.30. The lowest BCUT2D eigenvalue weighted by molar-refractivity contribution is -0.135. The third-order valence-electron chi connectivity index (χ3n) is 5.82. The lowest BCUT2D eigenvalue weighted by atomic mass is 10.0. The van der Waals surface area contributed by atoms with Crippen molar-refractivity contribution in [2.45, 2.75) is 44.7 Å². The van der Waals surface area contributed by atoms with Gasteiger partial charge in [-0.15, -0.1) is 0 Å². The second-order valence-corrected chi connectivity index (χ2v) is 8.53. The summed E-state index contributed by atoms with van der Waals surface area (Å²) >= 11 is 6.24. The molecule has 0 N–H and O–H groups in total. The summed E-state index contributed by atoms with van der Waals surface area (Å²) in [7, 11) is 0. The van der Waals surface area contributed by atoms with Crippen molar-refractivity contribution in [3.05, 3.63) is 70.0 Å². The minimum absolute atomic E-state index is 0.111. The summed E-state index contributed by atoms with van der Waals surface area (Å²) in [5.74, 6) is 0.535. The van der Waals surface area contributed by atoms with Crippen LogP contribution in [0.1, 0.15) is 42.4 Å². The molecular weight excluding hydrogens is 375 g/mol. The molecule has 2 aliphatic rings. The van der Waals surface area contributed by atoms with Crippen LogP contribution in [0.5, 0.6) is 0 Å². The summed E-state index contributed by atoms with van der Waals surface area (Å²) in [6.07, 6.45) is 2.87. The summed E-state index contributed by atoms with van der Waals surface area (Å²) in [5.41, 5.74) is 3.62. The summed E-state index contributed by atoms with van der Waals surface area (Å²) in [5, 5.41) is 0.792. The summed E-state index contributed by atoms with van der Waals surface area (Å²) in [6.45, 7) is 5.42. The van der Waals surface area contributed by atoms with E-state index in [9.17, 15) is 9.18 Å². The van der Waals surface area contributed by atoms with Crippen LogP contribution in [0.15, 0.2) is 42.5 Å². The van der Waals surface area contributed by atoms with Crippen LogP contribution in [-0.4, -0.2) is 41.4 Å². The van der Waals surface area contributed by atoms with Gasteiger partial charge in [-0.3, -0.25) is 9.69 Å². The molecule has 0 bridgehead atoms. The Bertz CT molecular complexity index is 850. The normalized spacial score (nSPS) is 20.4. The second-order valence-electron chi connectivity index (χ2n) is 8.09. The Balaban J connectivity index is 1.37. The predicted octanol–water partition coefficient (Wildman–Crippen LogP) is 4.63. The van der Waals surface area contributed by atoms with Crippen molar-refractivity contribution in [2.75, 3.05) is 19.6 Å². The lowest BCUT2D eigenvalue weighted by Crippen LogP contribution is -2.54. The van der Waals surface area contributed by atoms with Crippen LogP contribution in [-0.2, 0) is 17.8 Å². The number of nitrogens with zero attached hydrogens (tertiary/aromatic N) is 2. The van der Waals surface area contributed by atoms with Gasteiger partial charge in [0.2, 0.25) is 5.91 Å². The second kappa shape index (κ2) is 8.22. The fourth-order valence-corrected chi connectivity index (χ4v) is 4.37. The van der Waals surface area contributed by atoms with Gasteiger partial charge in [-0.25, -0.2) is 4.39 Å². The third-order valence-corrected chi connectivity index (χ3v) is 6.05. The first-order valence-electron chi connectivity index (χ1n) is 10.0. The molecule has 1 aliphatic heterocycles. The largest absolute Gasteiger partial charge is 0.337 e. The molecule has 0 spiro atoms. The van der Waals surface area contributed by atoms with E-state index in [2.05, 4.69) is 24.0 Å². The molecule has 2 fully saturated rings. The molecule has 0 radical (unpaired) electrons. The number of piperazine rings is 1. The SMILES string of the molecule is CC1CN(Cc2cc(Cl)ccc2C2CC2)CCN1C(=O)Cc1ccc(F)cc1. The van der Waals surface area contributed by atoms with Gasteiger partial charge in [-0.2, -0.15) is 0 Å². The first-order valence-corrected chi connectivity index (χ1v) is 10.4. The van der Waals surface area contributed by atoms with Crippen LogP contribution >= 0.6 is 11.6 Å². The average molecular weight is 401 g/mol. The maximum atomic E-state index is 13.1. The molecule has 4 rings (SSSR count). The number of carbonyl (C=O) groups is 1. The van der Waals surface area contributed by atoms with Gasteiger partial charge in [0.25, 0.3) is 0 Å². The van der Waals surface area contributed by atoms with Crippen LogP contribution in [0.25, 0.3) is 0 Å². The van der Waals surface area contributed by atoms with Crippen molar-refractivity contribution in [1.29, 1.82) is 0 Å². The van der Waals surface area contributed by atoms with E-state index in [4.69, 9.17) is 11.6 Å². The number of carbonyl (C=O) groups excluding carboxylic acids is 1. The molecule has 2 aromatic rings. The van der Waals surface area contributed by atoms with E-state index in [-0.39, 0.29) is 17.8 Å². The molecule has 1 unspecified atom stereocenters. The molecule has 1 atom stereocenters. The van der Waals surface area contributed by atoms with E-state index in [0.717, 1.165) is 36.8 Å². The molecule has 1 aliphatic carbocycles. The zero-order valence-electron chi connectivity index (χ0n) is 16.2. The molecule has 1 saturated heterocycles. The van der Waals surface area contributed by atoms with Crippen LogP contribution in [0.4, 0.5) is 4.39 Å². The van der Waals surface area contributed by atoms with Gasteiger partial charge in [0.05, 0.1) is 6.42 Å². The molecule has 28 heavy (non-hydrogen) atoms. The predicted molar refractivity (Wildman–Crippen MR) is 110 cm³/mol. The van der Waals surface area contributed by atoms with Gasteiger partial charge in [-0.1, -0.05) is 29.8 Å². The van der Waals surface area contributed by atoms with Crippen molar-refractivity contribution in [3.8, 4) is 0 Å². The number of hydrogen-bond acceptors (Lipinski definition) is 2. The summed E-state index contributed by atoms with van der Waals surface area (Å²) < 4.78 is 13.1. The molecule has 1 amide bonds. The van der Waals surface area contributed by atoms with Gasteiger partial charge >= 0.3 is 0 Å². The van der Waals surface area contributed by atoms with Crippen molar-refractivity contribution < 1.29 is 9.18 Å². The quantitative estimate of drug-likeness (QED) is 0.730. The average Bonchev–Trinajstić information content (AvgIpc) is 3.49. The molecular formula is C23H26ClFN2O. The van der Waals surface area contributed by atoms with Gasteiger partial charge < -0.3 is 4.90 Å². The Morgan fingerprint density at radius 2 is 1.89 bits per heavy atom. The Kier molecular flexibility index (Phi) is 5.70. The zero-order chi connectivity index (χ0) is 19.7. The summed E-state index contributed by atoms with van der Waals surface area (Å²) in [6, 6.07) is 12.6. The fraction of sp³-hybridized carbons (Fsp3) is 0.435. The van der Waals surface area contributed by atoms with E-state index in [0.29, 0.717) is 12.3 Å².